The molecule has 2 amide bonds. The molecule has 0 unspecified atom stereocenters. The van der Waals surface area contributed by atoms with Gasteiger partial charge in [-0.1, -0.05) is 11.6 Å². The Morgan fingerprint density at radius 1 is 1.38 bits per heavy atom. The quantitative estimate of drug-likeness (QED) is 0.868. The Labute approximate surface area is 146 Å². The van der Waals surface area contributed by atoms with Gasteiger partial charge < -0.3 is 10.2 Å². The number of benzene rings is 1. The Bertz CT molecular complexity index is 755. The first-order valence-corrected chi connectivity index (χ1v) is 8.14. The fraction of sp³-hybridized carbons (Fsp3) is 0.353. The molecule has 2 N–H and O–H groups in total. The van der Waals surface area contributed by atoms with Gasteiger partial charge in [-0.15, -0.1) is 0 Å². The lowest BCUT2D eigenvalue weighted by atomic mass is 10.1. The number of amides is 2. The summed E-state index contributed by atoms with van der Waals surface area (Å²) in [7, 11) is 0. The topological polar surface area (TPSA) is 78.1 Å². The van der Waals surface area contributed by atoms with E-state index in [-0.39, 0.29) is 17.9 Å². The van der Waals surface area contributed by atoms with E-state index in [1.165, 1.54) is 0 Å². The molecule has 128 valence electrons. The predicted octanol–water partition coefficient (Wildman–Crippen LogP) is 3.49. The third-order valence-electron chi connectivity index (χ3n) is 3.74. The number of halogens is 1. The van der Waals surface area contributed by atoms with Crippen molar-refractivity contribution in [3.05, 3.63) is 46.2 Å². The average Bonchev–Trinajstić information content (AvgIpc) is 2.95. The molecule has 0 fully saturated rings. The summed E-state index contributed by atoms with van der Waals surface area (Å²) >= 11 is 6.18. The van der Waals surface area contributed by atoms with E-state index in [0.29, 0.717) is 28.5 Å². The van der Waals surface area contributed by atoms with Crippen LogP contribution < -0.4 is 5.32 Å². The second kappa shape index (κ2) is 7.49. The summed E-state index contributed by atoms with van der Waals surface area (Å²) in [5.74, 6) is -0.478. The van der Waals surface area contributed by atoms with Gasteiger partial charge in [-0.3, -0.25) is 14.7 Å². The first kappa shape index (κ1) is 18.0. The summed E-state index contributed by atoms with van der Waals surface area (Å²) in [4.78, 5) is 26.6. The molecule has 0 aliphatic carbocycles. The number of nitrogens with one attached hydrogen (secondary N) is 2. The highest BCUT2D eigenvalue weighted by Crippen LogP contribution is 2.23. The second-order valence-electron chi connectivity index (χ2n) is 5.76. The molecule has 0 bridgehead atoms. The maximum atomic E-state index is 12.7. The van der Waals surface area contributed by atoms with E-state index in [2.05, 4.69) is 15.5 Å². The van der Waals surface area contributed by atoms with Gasteiger partial charge in [-0.2, -0.15) is 5.10 Å². The number of carbonyl (C=O) groups excluding carboxylic acids is 2. The summed E-state index contributed by atoms with van der Waals surface area (Å²) in [6.07, 6.45) is 1.58. The molecule has 1 heterocycles. The molecule has 2 rings (SSSR count). The monoisotopic (exact) mass is 348 g/mol. The number of rotatable bonds is 5. The molecule has 24 heavy (non-hydrogen) atoms. The average molecular weight is 349 g/mol. The van der Waals surface area contributed by atoms with Crippen molar-refractivity contribution in [3.63, 3.8) is 0 Å². The lowest BCUT2D eigenvalue weighted by Gasteiger charge is -2.25. The third kappa shape index (κ3) is 3.76. The zero-order chi connectivity index (χ0) is 17.9. The van der Waals surface area contributed by atoms with E-state index < -0.39 is 0 Å². The molecular weight excluding hydrogens is 328 g/mol. The largest absolute Gasteiger partial charge is 0.336 e. The van der Waals surface area contributed by atoms with E-state index in [1.54, 1.807) is 36.2 Å². The smallest absolute Gasteiger partial charge is 0.273 e. The van der Waals surface area contributed by atoms with E-state index in [9.17, 15) is 9.59 Å². The number of hydrogen-bond donors (Lipinski definition) is 2. The van der Waals surface area contributed by atoms with Crippen LogP contribution in [0.25, 0.3) is 0 Å². The molecule has 0 saturated heterocycles. The van der Waals surface area contributed by atoms with Gasteiger partial charge in [0, 0.05) is 18.3 Å². The minimum atomic E-state index is -0.318. The summed E-state index contributed by atoms with van der Waals surface area (Å²) in [5, 5.41) is 9.59. The van der Waals surface area contributed by atoms with Crippen LogP contribution in [0.2, 0.25) is 5.02 Å². The zero-order valence-electron chi connectivity index (χ0n) is 14.2. The van der Waals surface area contributed by atoms with Crippen molar-refractivity contribution >= 4 is 29.1 Å². The Morgan fingerprint density at radius 3 is 2.62 bits per heavy atom. The molecular formula is C17H21ClN4O2. The van der Waals surface area contributed by atoms with Crippen molar-refractivity contribution in [1.29, 1.82) is 0 Å². The standard InChI is InChI=1S/C17H21ClN4O2/c1-5-22(10(2)3)17(24)13-8-12(6-7-14(13)18)20-16(23)15-11(4)9-19-21-15/h6-10H,5H2,1-4H3,(H,19,21)(H,20,23). The van der Waals surface area contributed by atoms with Crippen LogP contribution in [0.5, 0.6) is 0 Å². The number of aryl methyl sites for hydroxylation is 1. The predicted molar refractivity (Wildman–Crippen MR) is 94.6 cm³/mol. The van der Waals surface area contributed by atoms with Gasteiger partial charge in [0.15, 0.2) is 0 Å². The number of carbonyl (C=O) groups is 2. The van der Waals surface area contributed by atoms with Crippen molar-refractivity contribution in [2.45, 2.75) is 33.7 Å². The molecule has 2 aromatic rings. The summed E-state index contributed by atoms with van der Waals surface area (Å²) in [6.45, 7) is 8.18. The van der Waals surface area contributed by atoms with Gasteiger partial charge in [-0.05, 0) is 51.5 Å². The lowest BCUT2D eigenvalue weighted by molar-refractivity contribution is 0.0717. The van der Waals surface area contributed by atoms with Gasteiger partial charge in [0.05, 0.1) is 16.8 Å². The fourth-order valence-electron chi connectivity index (χ4n) is 2.43. The second-order valence-corrected chi connectivity index (χ2v) is 6.17. The van der Waals surface area contributed by atoms with E-state index in [0.717, 1.165) is 5.56 Å². The minimum absolute atomic E-state index is 0.0597. The van der Waals surface area contributed by atoms with Crippen LogP contribution in [-0.2, 0) is 0 Å². The van der Waals surface area contributed by atoms with Gasteiger partial charge in [-0.25, -0.2) is 0 Å². The zero-order valence-corrected chi connectivity index (χ0v) is 14.9. The Morgan fingerprint density at radius 2 is 2.08 bits per heavy atom. The van der Waals surface area contributed by atoms with Crippen LogP contribution in [0.1, 0.15) is 47.2 Å². The Hall–Kier alpha value is -2.34. The summed E-state index contributed by atoms with van der Waals surface area (Å²) in [5.41, 5.74) is 2.00. The molecule has 0 radical (unpaired) electrons. The Balaban J connectivity index is 2.27. The number of anilines is 1. The third-order valence-corrected chi connectivity index (χ3v) is 4.07. The fourth-order valence-corrected chi connectivity index (χ4v) is 2.63. The minimum Gasteiger partial charge on any atom is -0.336 e. The summed E-state index contributed by atoms with van der Waals surface area (Å²) < 4.78 is 0. The number of aromatic amines is 1. The molecule has 0 aliphatic heterocycles. The molecule has 0 saturated carbocycles. The van der Waals surface area contributed by atoms with E-state index >= 15 is 0 Å². The van der Waals surface area contributed by atoms with E-state index in [4.69, 9.17) is 11.6 Å². The number of aromatic nitrogens is 2. The normalized spacial score (nSPS) is 10.8. The SMILES string of the molecule is CCN(C(=O)c1cc(NC(=O)c2[nH]ncc2C)ccc1Cl)C(C)C. The lowest BCUT2D eigenvalue weighted by Crippen LogP contribution is -2.36. The van der Waals surface area contributed by atoms with Gasteiger partial charge >= 0.3 is 0 Å². The molecule has 1 aromatic heterocycles. The van der Waals surface area contributed by atoms with Crippen molar-refractivity contribution in [2.75, 3.05) is 11.9 Å². The molecule has 0 aliphatic rings. The van der Waals surface area contributed by atoms with Crippen molar-refractivity contribution < 1.29 is 9.59 Å². The highest BCUT2D eigenvalue weighted by atomic mass is 35.5. The Kier molecular flexibility index (Phi) is 5.62. The highest BCUT2D eigenvalue weighted by molar-refractivity contribution is 6.34. The van der Waals surface area contributed by atoms with Crippen molar-refractivity contribution in [2.24, 2.45) is 0 Å². The van der Waals surface area contributed by atoms with Crippen LogP contribution in [-0.4, -0.2) is 39.5 Å². The van der Waals surface area contributed by atoms with Gasteiger partial charge in [0.2, 0.25) is 0 Å². The van der Waals surface area contributed by atoms with Crippen LogP contribution in [0, 0.1) is 6.92 Å². The van der Waals surface area contributed by atoms with Crippen LogP contribution >= 0.6 is 11.6 Å². The molecule has 6 nitrogen and oxygen atoms in total. The van der Waals surface area contributed by atoms with E-state index in [1.807, 2.05) is 20.8 Å². The first-order valence-electron chi connectivity index (χ1n) is 7.77. The van der Waals surface area contributed by atoms with Crippen LogP contribution in [0.15, 0.2) is 24.4 Å². The van der Waals surface area contributed by atoms with Crippen LogP contribution in [0.3, 0.4) is 0 Å². The van der Waals surface area contributed by atoms with Crippen molar-refractivity contribution in [3.8, 4) is 0 Å². The maximum absolute atomic E-state index is 12.7. The van der Waals surface area contributed by atoms with Gasteiger partial charge in [0.1, 0.15) is 5.69 Å². The first-order chi connectivity index (χ1) is 11.3. The highest BCUT2D eigenvalue weighted by Gasteiger charge is 2.20. The molecule has 1 aromatic carbocycles. The van der Waals surface area contributed by atoms with Crippen molar-refractivity contribution in [1.82, 2.24) is 15.1 Å². The van der Waals surface area contributed by atoms with Gasteiger partial charge in [0.25, 0.3) is 11.8 Å². The molecule has 0 atom stereocenters. The molecule has 7 heteroatoms. The molecule has 0 spiro atoms. The number of hydrogen-bond acceptors (Lipinski definition) is 3. The summed E-state index contributed by atoms with van der Waals surface area (Å²) in [6, 6.07) is 4.93. The number of nitrogens with zero attached hydrogens (tertiary/aromatic N) is 2. The number of H-pyrrole nitrogens is 1. The van der Waals surface area contributed by atoms with Crippen LogP contribution in [0.4, 0.5) is 5.69 Å². The maximum Gasteiger partial charge on any atom is 0.273 e.